The molecule has 0 aromatic carbocycles. The Morgan fingerprint density at radius 3 is 2.60 bits per heavy atom. The van der Waals surface area contributed by atoms with Crippen molar-refractivity contribution in [2.75, 3.05) is 34.2 Å². The summed E-state index contributed by atoms with van der Waals surface area (Å²) in [5, 5.41) is 9.88. The third kappa shape index (κ3) is 7.80. The van der Waals surface area contributed by atoms with Crippen molar-refractivity contribution in [1.29, 1.82) is 0 Å². The molecule has 0 rings (SSSR count). The van der Waals surface area contributed by atoms with Gasteiger partial charge in [-0.1, -0.05) is 0 Å². The highest BCUT2D eigenvalue weighted by Gasteiger charge is 1.90. The molecule has 0 aromatic rings. The van der Waals surface area contributed by atoms with Crippen molar-refractivity contribution in [3.63, 3.8) is 0 Å². The molecule has 0 aliphatic rings. The van der Waals surface area contributed by atoms with Gasteiger partial charge in [0.1, 0.15) is 0 Å². The average Bonchev–Trinajstić information content (AvgIpc) is 1.79. The first kappa shape index (κ1) is 9.80. The first-order valence-electron chi connectivity index (χ1n) is 3.18. The van der Waals surface area contributed by atoms with Gasteiger partial charge >= 0.3 is 0 Å². The first-order chi connectivity index (χ1) is 4.63. The highest BCUT2D eigenvalue weighted by molar-refractivity contribution is 4.40. The largest absolute Gasteiger partial charge is 0.599 e. The third-order valence-corrected chi connectivity index (χ3v) is 0.877. The molecule has 0 bridgehead atoms. The van der Waals surface area contributed by atoms with Crippen LogP contribution in [0.15, 0.2) is 0 Å². The van der Waals surface area contributed by atoms with Gasteiger partial charge in [-0.25, -0.2) is 5.23 Å². The fourth-order valence-corrected chi connectivity index (χ4v) is 0.422. The zero-order valence-corrected chi connectivity index (χ0v) is 6.68. The minimum atomic E-state index is -0.307. The number of nitrogens with one attached hydrogen (secondary N) is 2. The SMILES string of the molecule is CN(C)CCNO[NH+](C)[O-]. The highest BCUT2D eigenvalue weighted by Crippen LogP contribution is 1.68. The van der Waals surface area contributed by atoms with E-state index in [1.165, 1.54) is 7.05 Å². The maximum atomic E-state index is 10.2. The Bertz CT molecular complexity index is 67.3. The van der Waals surface area contributed by atoms with E-state index in [4.69, 9.17) is 0 Å². The van der Waals surface area contributed by atoms with E-state index in [0.717, 1.165) is 6.54 Å². The van der Waals surface area contributed by atoms with Crippen molar-refractivity contribution in [1.82, 2.24) is 10.4 Å². The van der Waals surface area contributed by atoms with E-state index in [-0.39, 0.29) is 5.23 Å². The lowest BCUT2D eigenvalue weighted by Gasteiger charge is -2.14. The average molecular weight is 149 g/mol. The summed E-state index contributed by atoms with van der Waals surface area (Å²) in [7, 11) is 5.27. The highest BCUT2D eigenvalue weighted by atomic mass is 17.0. The van der Waals surface area contributed by atoms with Crippen LogP contribution in [0.2, 0.25) is 0 Å². The maximum Gasteiger partial charge on any atom is 0.0982 e. The summed E-state index contributed by atoms with van der Waals surface area (Å²) in [4.78, 5) is 6.47. The molecule has 0 aliphatic heterocycles. The Labute approximate surface area is 61.0 Å². The molecule has 0 saturated carbocycles. The normalized spacial score (nSPS) is 14.1. The Morgan fingerprint density at radius 2 is 2.20 bits per heavy atom. The summed E-state index contributed by atoms with van der Waals surface area (Å²) in [5.74, 6) is 0. The predicted octanol–water partition coefficient (Wildman–Crippen LogP) is -2.00. The van der Waals surface area contributed by atoms with Gasteiger partial charge in [0.05, 0.1) is 7.05 Å². The second kappa shape index (κ2) is 5.57. The molecule has 0 saturated heterocycles. The van der Waals surface area contributed by atoms with E-state index < -0.39 is 0 Å². The molecule has 0 radical (unpaired) electrons. The van der Waals surface area contributed by atoms with Crippen LogP contribution < -0.4 is 10.7 Å². The van der Waals surface area contributed by atoms with E-state index in [0.29, 0.717) is 6.54 Å². The van der Waals surface area contributed by atoms with E-state index in [9.17, 15) is 5.21 Å². The lowest BCUT2D eigenvalue weighted by molar-refractivity contribution is -1.05. The van der Waals surface area contributed by atoms with Gasteiger partial charge in [0, 0.05) is 13.1 Å². The molecule has 5 nitrogen and oxygen atoms in total. The Hall–Kier alpha value is -0.200. The predicted molar refractivity (Wildman–Crippen MR) is 37.9 cm³/mol. The second-order valence-corrected chi connectivity index (χ2v) is 2.29. The molecule has 0 heterocycles. The molecule has 10 heavy (non-hydrogen) atoms. The van der Waals surface area contributed by atoms with Gasteiger partial charge in [-0.2, -0.15) is 0 Å². The van der Waals surface area contributed by atoms with E-state index in [2.05, 4.69) is 10.4 Å². The first-order valence-corrected chi connectivity index (χ1v) is 3.18. The van der Waals surface area contributed by atoms with Crippen LogP contribution >= 0.6 is 0 Å². The smallest absolute Gasteiger partial charge is 0.0982 e. The molecular weight excluding hydrogens is 134 g/mol. The topological polar surface area (TPSA) is 52.0 Å². The van der Waals surface area contributed by atoms with Gasteiger partial charge in [-0.3, -0.25) is 0 Å². The van der Waals surface area contributed by atoms with Crippen LogP contribution in [0.1, 0.15) is 0 Å². The quantitative estimate of drug-likeness (QED) is 0.350. The van der Waals surface area contributed by atoms with Crippen LogP contribution in [-0.2, 0) is 4.94 Å². The van der Waals surface area contributed by atoms with Crippen LogP contribution in [0.5, 0.6) is 0 Å². The number of hydroxylamine groups is 3. The lowest BCUT2D eigenvalue weighted by Crippen LogP contribution is -3.04. The standard InChI is InChI=1S/C5H15N3O2/c1-7(2)5-4-6-10-8(3)9/h6,8H,4-5H2,1-3H3. The number of nitrogens with zero attached hydrogens (tertiary/aromatic N) is 1. The zero-order chi connectivity index (χ0) is 7.98. The van der Waals surface area contributed by atoms with Crippen molar-refractivity contribution in [2.24, 2.45) is 0 Å². The van der Waals surface area contributed by atoms with Crippen LogP contribution in [-0.4, -0.2) is 39.1 Å². The number of likely N-dealkylation sites (N-methyl/N-ethyl adjacent to an activating group) is 1. The third-order valence-electron chi connectivity index (χ3n) is 0.877. The molecule has 0 aliphatic carbocycles. The van der Waals surface area contributed by atoms with E-state index >= 15 is 0 Å². The van der Waals surface area contributed by atoms with Crippen LogP contribution in [0.3, 0.4) is 0 Å². The van der Waals surface area contributed by atoms with Gasteiger partial charge in [0.15, 0.2) is 0 Å². The number of quaternary nitrogens is 1. The number of hydrogen-bond donors (Lipinski definition) is 2. The molecule has 0 spiro atoms. The van der Waals surface area contributed by atoms with E-state index in [1.54, 1.807) is 0 Å². The van der Waals surface area contributed by atoms with Gasteiger partial charge < -0.3 is 10.1 Å². The molecule has 1 unspecified atom stereocenters. The van der Waals surface area contributed by atoms with Crippen molar-refractivity contribution in [2.45, 2.75) is 0 Å². The number of rotatable bonds is 5. The Kier molecular flexibility index (Phi) is 5.46. The number of hydrogen-bond acceptors (Lipinski definition) is 4. The summed E-state index contributed by atoms with van der Waals surface area (Å²) in [5.41, 5.74) is 2.52. The van der Waals surface area contributed by atoms with Crippen molar-refractivity contribution < 1.29 is 10.2 Å². The zero-order valence-electron chi connectivity index (χ0n) is 6.68. The fraction of sp³-hybridized carbons (Fsp3) is 1.00. The lowest BCUT2D eigenvalue weighted by atomic mass is 10.6. The molecule has 0 amide bonds. The summed E-state index contributed by atoms with van der Waals surface area (Å²) in [6.45, 7) is 1.51. The van der Waals surface area contributed by atoms with Gasteiger partial charge in [-0.05, 0) is 14.1 Å². The monoisotopic (exact) mass is 149 g/mol. The van der Waals surface area contributed by atoms with Crippen LogP contribution in [0.4, 0.5) is 0 Å². The Morgan fingerprint density at radius 1 is 1.60 bits per heavy atom. The van der Waals surface area contributed by atoms with Crippen molar-refractivity contribution in [3.8, 4) is 0 Å². The molecule has 2 N–H and O–H groups in total. The summed E-state index contributed by atoms with van der Waals surface area (Å²) >= 11 is 0. The van der Waals surface area contributed by atoms with Gasteiger partial charge in [0.25, 0.3) is 0 Å². The fourth-order valence-electron chi connectivity index (χ4n) is 0.422. The Balaban J connectivity index is 2.91. The van der Waals surface area contributed by atoms with E-state index in [1.807, 2.05) is 19.0 Å². The molecule has 0 fully saturated rings. The van der Waals surface area contributed by atoms with Gasteiger partial charge in [0.2, 0.25) is 0 Å². The molecular formula is C5H15N3O2. The maximum absolute atomic E-state index is 10.2. The van der Waals surface area contributed by atoms with Crippen LogP contribution in [0.25, 0.3) is 0 Å². The van der Waals surface area contributed by atoms with Crippen LogP contribution in [0, 0.1) is 5.21 Å². The summed E-state index contributed by atoms with van der Waals surface area (Å²) in [6, 6.07) is 0. The molecule has 62 valence electrons. The van der Waals surface area contributed by atoms with Gasteiger partial charge in [-0.15, -0.1) is 10.4 Å². The minimum Gasteiger partial charge on any atom is -0.599 e. The second-order valence-electron chi connectivity index (χ2n) is 2.29. The summed E-state index contributed by atoms with van der Waals surface area (Å²) in [6.07, 6.45) is 0. The summed E-state index contributed by atoms with van der Waals surface area (Å²) < 4.78 is 0. The molecule has 1 atom stereocenters. The van der Waals surface area contributed by atoms with Crippen molar-refractivity contribution >= 4 is 0 Å². The van der Waals surface area contributed by atoms with Crippen molar-refractivity contribution in [3.05, 3.63) is 5.21 Å². The molecule has 0 aromatic heterocycles. The molecule has 5 heteroatoms. The minimum absolute atomic E-state index is 0.307.